The summed E-state index contributed by atoms with van der Waals surface area (Å²) in [5.74, 6) is 9.05. The van der Waals surface area contributed by atoms with Crippen molar-refractivity contribution in [2.24, 2.45) is 0 Å². The Balaban J connectivity index is 0.000000318. The van der Waals surface area contributed by atoms with E-state index in [1.807, 2.05) is 29.6 Å². The van der Waals surface area contributed by atoms with E-state index < -0.39 is 0 Å². The first-order valence-electron chi connectivity index (χ1n) is 28.3. The Kier molecular flexibility index (Phi) is 4.06. The normalized spacial score (nSPS) is 29.2. The van der Waals surface area contributed by atoms with Gasteiger partial charge in [0.1, 0.15) is 0 Å². The van der Waals surface area contributed by atoms with Crippen molar-refractivity contribution in [1.82, 2.24) is 0 Å². The van der Waals surface area contributed by atoms with Crippen LogP contribution in [-0.4, -0.2) is 18.5 Å². The maximum Gasteiger partial charge on any atom is 2.00 e. The average molecular weight is 1060 g/mol. The molecule has 0 atom stereocenters. The van der Waals surface area contributed by atoms with Crippen molar-refractivity contribution in [3.63, 3.8) is 0 Å². The van der Waals surface area contributed by atoms with Gasteiger partial charge in [-0.1, -0.05) is 55.4 Å². The molecule has 11 aliphatic rings. The summed E-state index contributed by atoms with van der Waals surface area (Å²) in [6, 6.07) is 0. The maximum absolute atomic E-state index is 7.50. The molecule has 5 radical (unpaired) electrons. The van der Waals surface area contributed by atoms with Crippen LogP contribution < -0.4 is 0 Å². The Hall–Kier alpha value is -5.71. The van der Waals surface area contributed by atoms with E-state index in [9.17, 15) is 0 Å². The smallest absolute Gasteiger partial charge is 0.358 e. The van der Waals surface area contributed by atoms with Crippen LogP contribution in [0.25, 0.3) is 215 Å². The second-order valence-corrected chi connectivity index (χ2v) is 31.1. The molecule has 0 saturated heterocycles. The largest absolute Gasteiger partial charge is 2.00 e. The van der Waals surface area contributed by atoms with Crippen LogP contribution in [0.1, 0.15) is 111 Å². The molecule has 0 heterocycles. The molecule has 0 aromatic heterocycles. The fourth-order valence-corrected chi connectivity index (χ4v) is 28.3. The van der Waals surface area contributed by atoms with Crippen LogP contribution in [0.4, 0.5) is 0 Å². The summed E-state index contributed by atoms with van der Waals surface area (Å²) in [5, 5.41) is 67.8. The molecule has 76 heavy (non-hydrogen) atoms. The Morgan fingerprint density at radius 2 is 0.329 bits per heavy atom. The van der Waals surface area contributed by atoms with Crippen molar-refractivity contribution >= 4 is 223 Å². The van der Waals surface area contributed by atoms with Gasteiger partial charge in [-0.3, -0.25) is 0 Å². The first-order valence-corrected chi connectivity index (χ1v) is 30.2. The van der Waals surface area contributed by atoms with E-state index in [-0.39, 0.29) is 54.0 Å². The number of hydrogen-bond donors (Lipinski definition) is 0. The number of benzene rings is 15. The van der Waals surface area contributed by atoms with Crippen LogP contribution in [0.15, 0.2) is 0 Å². The van der Waals surface area contributed by atoms with Crippen LogP contribution in [0.5, 0.6) is 0 Å². The Bertz CT molecular complexity index is 5400. The molecule has 0 amide bonds. The van der Waals surface area contributed by atoms with E-state index in [1.54, 1.807) is 271 Å². The first kappa shape index (κ1) is 36.4. The molecule has 1 nitrogen and oxygen atoms in total. The van der Waals surface area contributed by atoms with Crippen LogP contribution in [0, 0.1) is 43.7 Å². The SMILES string of the molecule is CC12[C]3[C]4[C]5[C]6[C]3C3(C)c7c1c1c8c2c2c9c%10c(c%11c%12c%13c(c%14c%15c%16c(c3c3c7c7c1c1c%17c8c9c8c9c%10c%12c%10c%12c%13c%15c%13c%15c%16c3c3c7c1c1c(c%178)c(c9%10)c(c%12%13)c1c3%15)C6%14C)C5%11C)C42C.CCP(CC)CC.[C-]#[O+].[CH3-].[Ru+2]. The molecule has 3 heteroatoms. The standard InChI is InChI=1S/C65H15.C6H15P.CO.CH3.Ru/c1-61-46-36-26-16-11-6-7-9-10-8(6)13-20-18(11)28(26)38-40-30(20)32-22(13)24-15(10)25-23-14(9)21-19-12(7)17(16)27-29(19)39-41-31(21)33(23)43-45-35(25)34(24)44-42(32)52-50(40)62(2,48(38)46)57-56(61)58-60-59(57)64(52,4)54(44)55(45)65(60,5)53(43)51(41)63(58,3)49(39)47(61)37(27)36;1-4-7(5-2)6-3;1-2;;/h1-5H3;4-6H2,1-3H3;;1H3;/q;;;-1;+2. The van der Waals surface area contributed by atoms with Crippen molar-refractivity contribution in [3.05, 3.63) is 99.3 Å². The molecular weight excluding hydrogens is 1020 g/mol. The van der Waals surface area contributed by atoms with Gasteiger partial charge >= 0.3 is 30.8 Å². The second-order valence-electron chi connectivity index (χ2n) is 27.9. The zero-order valence-corrected chi connectivity index (χ0v) is 45.5. The molecule has 0 unspecified atom stereocenters. The van der Waals surface area contributed by atoms with Crippen LogP contribution in [-0.2, 0) is 51.2 Å². The van der Waals surface area contributed by atoms with Crippen LogP contribution in [0.2, 0.25) is 0 Å². The molecule has 32 rings (SSSR count). The van der Waals surface area contributed by atoms with E-state index in [0.29, 0.717) is 7.92 Å². The Labute approximate surface area is 444 Å². The maximum atomic E-state index is 7.50. The minimum Gasteiger partial charge on any atom is -0.358 e. The van der Waals surface area contributed by atoms with E-state index in [4.69, 9.17) is 4.65 Å². The molecule has 11 aliphatic carbocycles. The van der Waals surface area contributed by atoms with E-state index in [0.717, 1.165) is 0 Å². The van der Waals surface area contributed by atoms with Gasteiger partial charge in [0.25, 0.3) is 0 Å². The van der Waals surface area contributed by atoms with Gasteiger partial charge in [-0.2, -0.15) is 0 Å². The first-order chi connectivity index (χ1) is 36.2. The van der Waals surface area contributed by atoms with Gasteiger partial charge in [-0.05, 0) is 290 Å². The summed E-state index contributed by atoms with van der Waals surface area (Å²) in [7, 11) is 0.446. The third kappa shape index (κ3) is 2.03. The van der Waals surface area contributed by atoms with Gasteiger partial charge in [0.15, 0.2) is 0 Å². The van der Waals surface area contributed by atoms with Gasteiger partial charge in [-0.25, -0.2) is 0 Å². The monoisotopic (exact) mass is 1060 g/mol. The average Bonchev–Trinajstić information content (AvgIpc) is 3.51. The minimum absolute atomic E-state index is 0. The zero-order chi connectivity index (χ0) is 47.0. The molecular formula is C73H33OPRu+. The van der Waals surface area contributed by atoms with Crippen LogP contribution >= 0.6 is 7.92 Å². The molecule has 0 aliphatic heterocycles. The van der Waals surface area contributed by atoms with Gasteiger partial charge in [0.05, 0.1) is 0 Å². The molecule has 21 aromatic rings. The van der Waals surface area contributed by atoms with Crippen molar-refractivity contribution in [3.8, 4) is 0 Å². The molecule has 0 N–H and O–H groups in total. The van der Waals surface area contributed by atoms with Crippen molar-refractivity contribution in [2.45, 2.75) is 82.5 Å². The fourth-order valence-electron chi connectivity index (χ4n) is 26.9. The molecule has 1 fully saturated rings. The topological polar surface area (TPSA) is 19.9 Å². The van der Waals surface area contributed by atoms with Gasteiger partial charge in [-0.15, -0.1) is 7.92 Å². The molecule has 21 aromatic carbocycles. The van der Waals surface area contributed by atoms with Gasteiger partial charge < -0.3 is 7.43 Å². The zero-order valence-electron chi connectivity index (χ0n) is 42.8. The van der Waals surface area contributed by atoms with Crippen molar-refractivity contribution in [1.29, 1.82) is 0 Å². The Morgan fingerprint density at radius 3 is 0.408 bits per heavy atom. The van der Waals surface area contributed by atoms with Crippen LogP contribution in [0.3, 0.4) is 0 Å². The van der Waals surface area contributed by atoms with Gasteiger partial charge in [0.2, 0.25) is 0 Å². The summed E-state index contributed by atoms with van der Waals surface area (Å²) in [6.07, 6.45) is 4.26. The molecule has 0 spiro atoms. The second kappa shape index (κ2) is 8.47. The third-order valence-electron chi connectivity index (χ3n) is 27.6. The van der Waals surface area contributed by atoms with Crippen molar-refractivity contribution in [2.75, 3.05) is 18.5 Å². The molecule has 0 bridgehead atoms. The minimum atomic E-state index is -0.191. The van der Waals surface area contributed by atoms with E-state index >= 15 is 0 Å². The predicted octanol–water partition coefficient (Wildman–Crippen LogP) is 18.6. The summed E-state index contributed by atoms with van der Waals surface area (Å²) in [5.41, 5.74) is 16.8. The summed E-state index contributed by atoms with van der Waals surface area (Å²) in [6.45, 7) is 25.6. The quantitative estimate of drug-likeness (QED) is 0.0553. The summed E-state index contributed by atoms with van der Waals surface area (Å²) in [4.78, 5) is 0. The fraction of sp³-hybridized carbons (Fsp3) is 0.219. The van der Waals surface area contributed by atoms with Crippen molar-refractivity contribution < 1.29 is 24.1 Å². The summed E-state index contributed by atoms with van der Waals surface area (Å²) < 4.78 is 7.50. The van der Waals surface area contributed by atoms with E-state index in [1.165, 1.54) is 18.5 Å². The number of hydrogen-bond acceptors (Lipinski definition) is 0. The predicted molar refractivity (Wildman–Crippen MR) is 315 cm³/mol. The summed E-state index contributed by atoms with van der Waals surface area (Å²) >= 11 is 0. The molecule has 343 valence electrons. The number of rotatable bonds is 3. The van der Waals surface area contributed by atoms with Gasteiger partial charge in [0, 0.05) is 56.7 Å². The Morgan fingerprint density at radius 1 is 0.237 bits per heavy atom. The molecule has 1 saturated carbocycles. The third-order valence-corrected chi connectivity index (χ3v) is 30.3. The van der Waals surface area contributed by atoms with E-state index in [2.05, 4.69) is 62.0 Å².